The highest BCUT2D eigenvalue weighted by molar-refractivity contribution is 7.91. The van der Waals surface area contributed by atoms with Gasteiger partial charge in [-0.1, -0.05) is 11.6 Å². The summed E-state index contributed by atoms with van der Waals surface area (Å²) in [5.41, 5.74) is 0.667. The summed E-state index contributed by atoms with van der Waals surface area (Å²) < 4.78 is 23.8. The van der Waals surface area contributed by atoms with Gasteiger partial charge in [-0.2, -0.15) is 0 Å². The molecule has 1 rings (SSSR count). The summed E-state index contributed by atoms with van der Waals surface area (Å²) in [6.07, 6.45) is 1.03. The molecule has 4 nitrogen and oxygen atoms in total. The molecule has 0 bridgehead atoms. The minimum absolute atomic E-state index is 0.0276. The van der Waals surface area contributed by atoms with E-state index >= 15 is 0 Å². The minimum Gasteiger partial charge on any atom is -0.332 e. The van der Waals surface area contributed by atoms with Gasteiger partial charge in [0.15, 0.2) is 5.11 Å². The number of hydrogen-bond acceptors (Lipinski definition) is 3. The Morgan fingerprint density at radius 1 is 1.33 bits per heavy atom. The van der Waals surface area contributed by atoms with E-state index in [0.717, 1.165) is 6.26 Å². The molecular weight excluding hydrogens is 256 g/mol. The fourth-order valence-electron chi connectivity index (χ4n) is 0.858. The fourth-order valence-corrected chi connectivity index (χ4v) is 1.94. The van der Waals surface area contributed by atoms with Crippen molar-refractivity contribution in [2.45, 2.75) is 0 Å². The van der Waals surface area contributed by atoms with Crippen LogP contribution in [0.15, 0.2) is 24.3 Å². The molecule has 2 N–H and O–H groups in total. The van der Waals surface area contributed by atoms with Crippen molar-refractivity contribution < 1.29 is 8.42 Å². The van der Waals surface area contributed by atoms with Crippen LogP contribution in [0.25, 0.3) is 0 Å². The smallest absolute Gasteiger partial charge is 0.231 e. The van der Waals surface area contributed by atoms with Gasteiger partial charge >= 0.3 is 0 Å². The third-order valence-electron chi connectivity index (χ3n) is 1.38. The number of anilines is 1. The van der Waals surface area contributed by atoms with Crippen LogP contribution in [-0.4, -0.2) is 19.8 Å². The van der Waals surface area contributed by atoms with Gasteiger partial charge in [-0.3, -0.25) is 4.72 Å². The first-order valence-electron chi connectivity index (χ1n) is 3.91. The van der Waals surface area contributed by atoms with Crippen LogP contribution in [-0.2, 0) is 10.0 Å². The number of benzene rings is 1. The second kappa shape index (κ2) is 4.78. The van der Waals surface area contributed by atoms with Crippen LogP contribution >= 0.6 is 23.8 Å². The SMILES string of the molecule is CS(=O)(=O)NC(=S)Nc1ccc(Cl)cc1. The van der Waals surface area contributed by atoms with Crippen molar-refractivity contribution in [1.82, 2.24) is 4.72 Å². The molecule has 7 heteroatoms. The molecule has 0 unspecified atom stereocenters. The highest BCUT2D eigenvalue weighted by Crippen LogP contribution is 2.13. The van der Waals surface area contributed by atoms with Gasteiger partial charge in [-0.15, -0.1) is 0 Å². The van der Waals surface area contributed by atoms with Crippen molar-refractivity contribution in [3.05, 3.63) is 29.3 Å². The molecule has 0 aliphatic carbocycles. The molecule has 1 aromatic rings. The summed E-state index contributed by atoms with van der Waals surface area (Å²) >= 11 is 10.5. The Kier molecular flexibility index (Phi) is 3.90. The van der Waals surface area contributed by atoms with Crippen LogP contribution in [0.2, 0.25) is 5.02 Å². The number of rotatable bonds is 2. The highest BCUT2D eigenvalue weighted by Gasteiger charge is 2.04. The van der Waals surface area contributed by atoms with Gasteiger partial charge in [0.2, 0.25) is 10.0 Å². The molecule has 15 heavy (non-hydrogen) atoms. The van der Waals surface area contributed by atoms with Crippen molar-refractivity contribution in [2.75, 3.05) is 11.6 Å². The number of nitrogens with one attached hydrogen (secondary N) is 2. The van der Waals surface area contributed by atoms with Crippen molar-refractivity contribution in [3.63, 3.8) is 0 Å². The first-order valence-corrected chi connectivity index (χ1v) is 6.59. The second-order valence-corrected chi connectivity index (χ2v) is 5.43. The summed E-state index contributed by atoms with van der Waals surface area (Å²) in [5, 5.41) is 3.34. The van der Waals surface area contributed by atoms with Crippen molar-refractivity contribution >= 4 is 44.6 Å². The third-order valence-corrected chi connectivity index (χ3v) is 2.54. The van der Waals surface area contributed by atoms with Crippen LogP contribution in [0.1, 0.15) is 0 Å². The maximum atomic E-state index is 10.8. The number of sulfonamides is 1. The lowest BCUT2D eigenvalue weighted by Gasteiger charge is -2.08. The molecule has 0 aliphatic heterocycles. The van der Waals surface area contributed by atoms with E-state index in [2.05, 4.69) is 10.0 Å². The zero-order valence-corrected chi connectivity index (χ0v) is 10.2. The topological polar surface area (TPSA) is 58.2 Å². The summed E-state index contributed by atoms with van der Waals surface area (Å²) in [7, 11) is -3.33. The molecule has 0 amide bonds. The lowest BCUT2D eigenvalue weighted by atomic mass is 10.3. The number of hydrogen-bond donors (Lipinski definition) is 2. The lowest BCUT2D eigenvalue weighted by molar-refractivity contribution is 0.599. The van der Waals surface area contributed by atoms with E-state index in [-0.39, 0.29) is 5.11 Å². The van der Waals surface area contributed by atoms with E-state index in [1.807, 2.05) is 0 Å². The molecule has 0 radical (unpaired) electrons. The third kappa shape index (κ3) is 4.96. The molecule has 0 aliphatic rings. The first-order chi connectivity index (χ1) is 6.87. The predicted octanol–water partition coefficient (Wildman–Crippen LogP) is 1.59. The van der Waals surface area contributed by atoms with Gasteiger partial charge in [0.05, 0.1) is 6.26 Å². The molecular formula is C8H9ClN2O2S2. The molecule has 0 atom stereocenters. The maximum Gasteiger partial charge on any atom is 0.231 e. The Balaban J connectivity index is 2.63. The lowest BCUT2D eigenvalue weighted by Crippen LogP contribution is -2.33. The number of halogens is 1. The standard InChI is InChI=1S/C8H9ClN2O2S2/c1-15(12,13)11-8(14)10-7-4-2-6(9)3-5-7/h2-5H,1H3,(H2,10,11,14). The van der Waals surface area contributed by atoms with Crippen LogP contribution in [0.3, 0.4) is 0 Å². The zero-order chi connectivity index (χ0) is 11.5. The Morgan fingerprint density at radius 2 is 1.87 bits per heavy atom. The van der Waals surface area contributed by atoms with Crippen LogP contribution in [0.4, 0.5) is 5.69 Å². The van der Waals surface area contributed by atoms with Crippen LogP contribution < -0.4 is 10.0 Å². The summed E-state index contributed by atoms with van der Waals surface area (Å²) in [6.45, 7) is 0. The van der Waals surface area contributed by atoms with Crippen molar-refractivity contribution in [2.24, 2.45) is 0 Å². The van der Waals surface area contributed by atoms with E-state index in [1.165, 1.54) is 0 Å². The largest absolute Gasteiger partial charge is 0.332 e. The molecule has 82 valence electrons. The molecule has 0 aromatic heterocycles. The van der Waals surface area contributed by atoms with Crippen LogP contribution in [0, 0.1) is 0 Å². The van der Waals surface area contributed by atoms with Crippen molar-refractivity contribution in [3.8, 4) is 0 Å². The quantitative estimate of drug-likeness (QED) is 0.797. The van der Waals surface area contributed by atoms with Gasteiger partial charge in [0.1, 0.15) is 0 Å². The van der Waals surface area contributed by atoms with Gasteiger partial charge in [0, 0.05) is 10.7 Å². The van der Waals surface area contributed by atoms with Gasteiger partial charge in [-0.25, -0.2) is 8.42 Å². The van der Waals surface area contributed by atoms with Crippen LogP contribution in [0.5, 0.6) is 0 Å². The Hall–Kier alpha value is -0.850. The molecule has 0 spiro atoms. The molecule has 1 aromatic carbocycles. The van der Waals surface area contributed by atoms with Crippen molar-refractivity contribution in [1.29, 1.82) is 0 Å². The normalized spacial score (nSPS) is 10.8. The van der Waals surface area contributed by atoms with E-state index in [4.69, 9.17) is 23.8 Å². The van der Waals surface area contributed by atoms with E-state index in [1.54, 1.807) is 24.3 Å². The van der Waals surface area contributed by atoms with Gasteiger partial charge in [0.25, 0.3) is 0 Å². The molecule has 0 saturated heterocycles. The van der Waals surface area contributed by atoms with E-state index in [9.17, 15) is 8.42 Å². The average Bonchev–Trinajstić information content (AvgIpc) is 2.05. The monoisotopic (exact) mass is 264 g/mol. The average molecular weight is 265 g/mol. The Labute approximate surface area is 98.7 Å². The predicted molar refractivity (Wildman–Crippen MR) is 65.7 cm³/mol. The summed E-state index contributed by atoms with van der Waals surface area (Å²) in [4.78, 5) is 0. The number of thiocarbonyl (C=S) groups is 1. The van der Waals surface area contributed by atoms with E-state index in [0.29, 0.717) is 10.7 Å². The maximum absolute atomic E-state index is 10.8. The zero-order valence-electron chi connectivity index (χ0n) is 7.82. The Bertz CT molecular complexity index is 456. The summed E-state index contributed by atoms with van der Waals surface area (Å²) in [5.74, 6) is 0. The molecule has 0 heterocycles. The molecule has 0 saturated carbocycles. The summed E-state index contributed by atoms with van der Waals surface area (Å²) in [6, 6.07) is 6.73. The van der Waals surface area contributed by atoms with Gasteiger partial charge in [-0.05, 0) is 36.5 Å². The second-order valence-electron chi connectivity index (χ2n) is 2.84. The Morgan fingerprint density at radius 3 is 2.33 bits per heavy atom. The molecule has 0 fully saturated rings. The van der Waals surface area contributed by atoms with Gasteiger partial charge < -0.3 is 5.32 Å². The van der Waals surface area contributed by atoms with E-state index < -0.39 is 10.0 Å². The first kappa shape index (κ1) is 12.2. The fraction of sp³-hybridized carbons (Fsp3) is 0.125. The highest BCUT2D eigenvalue weighted by atomic mass is 35.5. The minimum atomic E-state index is -3.33.